The van der Waals surface area contributed by atoms with E-state index in [2.05, 4.69) is 34.6 Å². The Balaban J connectivity index is 1.49. The quantitative estimate of drug-likeness (QED) is 0.416. The summed E-state index contributed by atoms with van der Waals surface area (Å²) in [5.74, 6) is 4.83. The summed E-state index contributed by atoms with van der Waals surface area (Å²) in [5.41, 5.74) is 0.403. The van der Waals surface area contributed by atoms with Gasteiger partial charge in [0.05, 0.1) is 6.10 Å². The Labute approximate surface area is 202 Å². The molecule has 4 rings (SSSR count). The summed E-state index contributed by atoms with van der Waals surface area (Å²) in [6.45, 7) is 12.1. The highest BCUT2D eigenvalue weighted by molar-refractivity contribution is 7.80. The molecule has 0 heterocycles. The summed E-state index contributed by atoms with van der Waals surface area (Å²) < 4.78 is 37.1. The van der Waals surface area contributed by atoms with Gasteiger partial charge in [-0.25, -0.2) is 4.18 Å². The van der Waals surface area contributed by atoms with E-state index in [9.17, 15) is 18.1 Å². The normalized spacial score (nSPS) is 46.5. The van der Waals surface area contributed by atoms with Gasteiger partial charge in [-0.2, -0.15) is 8.42 Å². The van der Waals surface area contributed by atoms with Gasteiger partial charge in [0.25, 0.3) is 0 Å². The van der Waals surface area contributed by atoms with Gasteiger partial charge in [-0.1, -0.05) is 53.9 Å². The Hall–Kier alpha value is -0.170. The van der Waals surface area contributed by atoms with Crippen molar-refractivity contribution in [1.82, 2.24) is 0 Å². The lowest BCUT2D eigenvalue weighted by molar-refractivity contribution is -0.155. The molecule has 4 aliphatic carbocycles. The maximum absolute atomic E-state index is 11.4. The first-order chi connectivity index (χ1) is 15.3. The van der Waals surface area contributed by atoms with Crippen molar-refractivity contribution >= 4 is 10.4 Å². The molecule has 0 radical (unpaired) electrons. The second-order valence-electron chi connectivity index (χ2n) is 13.3. The maximum atomic E-state index is 11.4. The van der Waals surface area contributed by atoms with Crippen LogP contribution in [0.1, 0.15) is 105 Å². The zero-order valence-corrected chi connectivity index (χ0v) is 22.3. The standard InChI is InChI=1S/C27H48O5S/c1-17(2)7-6-8-18(3)21-11-12-22-20-10-9-19-15-24(28)25(32-33(29,30)31)16-27(19,5)23(20)13-14-26(21,22)4/h17-25,28H,6-16H2,1-5H3,(H,29,30,31)/t18-,19?,20?,21-,22?,23?,24+,25+,26-,27+/m1/s1. The minimum absolute atomic E-state index is 0.0280. The minimum Gasteiger partial charge on any atom is -0.390 e. The predicted octanol–water partition coefficient (Wildman–Crippen LogP) is 6.27. The van der Waals surface area contributed by atoms with Gasteiger partial charge in [-0.15, -0.1) is 0 Å². The van der Waals surface area contributed by atoms with E-state index in [-0.39, 0.29) is 5.41 Å². The van der Waals surface area contributed by atoms with Crippen LogP contribution in [0.5, 0.6) is 0 Å². The molecule has 0 aromatic carbocycles. The van der Waals surface area contributed by atoms with E-state index in [4.69, 9.17) is 4.18 Å². The topological polar surface area (TPSA) is 83.8 Å². The van der Waals surface area contributed by atoms with E-state index < -0.39 is 22.6 Å². The molecule has 4 aliphatic rings. The number of hydrogen-bond acceptors (Lipinski definition) is 4. The zero-order valence-electron chi connectivity index (χ0n) is 21.5. The highest BCUT2D eigenvalue weighted by Gasteiger charge is 2.61. The number of rotatable bonds is 7. The van der Waals surface area contributed by atoms with Gasteiger partial charge in [0.2, 0.25) is 0 Å². The summed E-state index contributed by atoms with van der Waals surface area (Å²) in [4.78, 5) is 0. The van der Waals surface area contributed by atoms with Crippen molar-refractivity contribution in [1.29, 1.82) is 0 Å². The lowest BCUT2D eigenvalue weighted by atomic mass is 9.44. The van der Waals surface area contributed by atoms with E-state index in [1.807, 2.05) is 0 Å². The zero-order chi connectivity index (χ0) is 24.2. The maximum Gasteiger partial charge on any atom is 0.397 e. The summed E-state index contributed by atoms with van der Waals surface area (Å²) in [6, 6.07) is 0. The molecule has 0 aromatic heterocycles. The molecule has 0 aliphatic heterocycles. The van der Waals surface area contributed by atoms with Crippen LogP contribution in [0.4, 0.5) is 0 Å². The molecule has 6 heteroatoms. The van der Waals surface area contributed by atoms with Crippen molar-refractivity contribution in [3.05, 3.63) is 0 Å². The lowest BCUT2D eigenvalue weighted by Gasteiger charge is -2.61. The fourth-order valence-corrected chi connectivity index (χ4v) is 10.0. The molecule has 4 fully saturated rings. The molecule has 5 nitrogen and oxygen atoms in total. The molecule has 0 amide bonds. The van der Waals surface area contributed by atoms with Gasteiger partial charge in [-0.3, -0.25) is 4.55 Å². The summed E-state index contributed by atoms with van der Waals surface area (Å²) in [6.07, 6.45) is 11.0. The highest BCUT2D eigenvalue weighted by atomic mass is 32.3. The van der Waals surface area contributed by atoms with Crippen LogP contribution in [0.2, 0.25) is 0 Å². The molecular weight excluding hydrogens is 436 g/mol. The van der Waals surface area contributed by atoms with Crippen LogP contribution in [-0.4, -0.2) is 30.3 Å². The molecule has 10 atom stereocenters. The molecule has 2 N–H and O–H groups in total. The third-order valence-corrected chi connectivity index (χ3v) is 11.6. The number of hydrogen-bond donors (Lipinski definition) is 2. The van der Waals surface area contributed by atoms with E-state index in [0.717, 1.165) is 30.1 Å². The molecule has 0 aromatic rings. The monoisotopic (exact) mass is 484 g/mol. The molecular formula is C27H48O5S. The first kappa shape index (κ1) is 25.9. The van der Waals surface area contributed by atoms with Crippen LogP contribution < -0.4 is 0 Å². The van der Waals surface area contributed by atoms with Crippen LogP contribution in [0, 0.1) is 52.3 Å². The highest BCUT2D eigenvalue weighted by Crippen LogP contribution is 2.68. The second-order valence-corrected chi connectivity index (χ2v) is 14.3. The Morgan fingerprint density at radius 1 is 0.970 bits per heavy atom. The largest absolute Gasteiger partial charge is 0.397 e. The average Bonchev–Trinajstić information content (AvgIpc) is 3.05. The van der Waals surface area contributed by atoms with Crippen molar-refractivity contribution in [2.45, 2.75) is 117 Å². The van der Waals surface area contributed by atoms with E-state index in [1.165, 1.54) is 51.4 Å². The Kier molecular flexibility index (Phi) is 7.35. The molecule has 0 saturated heterocycles. The first-order valence-corrected chi connectivity index (χ1v) is 15.1. The number of aliphatic hydroxyl groups is 1. The lowest BCUT2D eigenvalue weighted by Crippen LogP contribution is -2.57. The number of aliphatic hydroxyl groups excluding tert-OH is 1. The molecule has 0 spiro atoms. The molecule has 4 unspecified atom stereocenters. The number of fused-ring (bicyclic) bond motifs is 5. The van der Waals surface area contributed by atoms with Gasteiger partial charge in [0.1, 0.15) is 6.10 Å². The van der Waals surface area contributed by atoms with Crippen molar-refractivity contribution in [2.24, 2.45) is 52.3 Å². The van der Waals surface area contributed by atoms with Gasteiger partial charge in [0, 0.05) is 0 Å². The van der Waals surface area contributed by atoms with Gasteiger partial charge >= 0.3 is 10.4 Å². The third-order valence-electron chi connectivity index (χ3n) is 11.1. The Bertz CT molecular complexity index is 796. The van der Waals surface area contributed by atoms with E-state index in [0.29, 0.717) is 36.0 Å². The fourth-order valence-electron chi connectivity index (χ4n) is 9.53. The first-order valence-electron chi connectivity index (χ1n) is 13.7. The van der Waals surface area contributed by atoms with Crippen LogP contribution in [-0.2, 0) is 14.6 Å². The Morgan fingerprint density at radius 2 is 1.67 bits per heavy atom. The fraction of sp³-hybridized carbons (Fsp3) is 1.00. The van der Waals surface area contributed by atoms with Crippen molar-refractivity contribution in [3.63, 3.8) is 0 Å². The molecule has 192 valence electrons. The third kappa shape index (κ3) is 4.93. The summed E-state index contributed by atoms with van der Waals surface area (Å²) in [7, 11) is -4.56. The van der Waals surface area contributed by atoms with Gasteiger partial charge < -0.3 is 5.11 Å². The van der Waals surface area contributed by atoms with E-state index >= 15 is 0 Å². The van der Waals surface area contributed by atoms with Crippen LogP contribution in [0.3, 0.4) is 0 Å². The second kappa shape index (κ2) is 9.37. The SMILES string of the molecule is CC(C)CCC[C@@H](C)[C@H]1CCC2C3CCC4C[C@H](O)[C@@H](OS(=O)(=O)O)C[C@]4(C)C3CC[C@@]21C. The molecule has 0 bridgehead atoms. The summed E-state index contributed by atoms with van der Waals surface area (Å²) in [5, 5.41) is 10.6. The van der Waals surface area contributed by atoms with Crippen molar-refractivity contribution in [2.75, 3.05) is 0 Å². The van der Waals surface area contributed by atoms with Crippen molar-refractivity contribution < 1.29 is 22.3 Å². The van der Waals surface area contributed by atoms with Gasteiger partial charge in [0.15, 0.2) is 0 Å². The average molecular weight is 485 g/mol. The van der Waals surface area contributed by atoms with Crippen molar-refractivity contribution in [3.8, 4) is 0 Å². The van der Waals surface area contributed by atoms with Gasteiger partial charge in [-0.05, 0) is 104 Å². The Morgan fingerprint density at radius 3 is 2.33 bits per heavy atom. The predicted molar refractivity (Wildman–Crippen MR) is 131 cm³/mol. The minimum atomic E-state index is -4.56. The van der Waals surface area contributed by atoms with E-state index in [1.54, 1.807) is 0 Å². The van der Waals surface area contributed by atoms with Crippen LogP contribution in [0.15, 0.2) is 0 Å². The van der Waals surface area contributed by atoms with Crippen LogP contribution in [0.25, 0.3) is 0 Å². The summed E-state index contributed by atoms with van der Waals surface area (Å²) >= 11 is 0. The molecule has 4 saturated carbocycles. The van der Waals surface area contributed by atoms with Crippen LogP contribution >= 0.6 is 0 Å². The smallest absolute Gasteiger partial charge is 0.390 e. The molecule has 33 heavy (non-hydrogen) atoms.